The fraction of sp³-hybridized carbons (Fsp3) is 0.478. The summed E-state index contributed by atoms with van der Waals surface area (Å²) in [4.78, 5) is 72.6. The Morgan fingerprint density at radius 3 is 1.75 bits per heavy atom. The summed E-state index contributed by atoms with van der Waals surface area (Å²) in [5, 5.41) is 16.3. The van der Waals surface area contributed by atoms with Gasteiger partial charge in [0.1, 0.15) is 18.1 Å². The van der Waals surface area contributed by atoms with Crippen LogP contribution in [0.15, 0.2) is 30.3 Å². The second-order valence-electron chi connectivity index (χ2n) is 8.79. The monoisotopic (exact) mass is 506 g/mol. The van der Waals surface area contributed by atoms with Gasteiger partial charge in [-0.1, -0.05) is 44.2 Å². The molecule has 4 unspecified atom stereocenters. The van der Waals surface area contributed by atoms with Gasteiger partial charge in [0.25, 0.3) is 0 Å². The van der Waals surface area contributed by atoms with Crippen LogP contribution in [0.2, 0.25) is 0 Å². The smallest absolute Gasteiger partial charge is 0.326 e. The topological polar surface area (TPSA) is 237 Å². The largest absolute Gasteiger partial charge is 0.480 e. The molecule has 4 atom stereocenters. The zero-order valence-electron chi connectivity index (χ0n) is 20.2. The Bertz CT molecular complexity index is 954. The number of carboxylic acids is 1. The molecule has 0 aliphatic carbocycles. The van der Waals surface area contributed by atoms with Gasteiger partial charge < -0.3 is 38.3 Å². The maximum atomic E-state index is 13.0. The predicted molar refractivity (Wildman–Crippen MR) is 129 cm³/mol. The van der Waals surface area contributed by atoms with Gasteiger partial charge in [0.2, 0.25) is 29.5 Å². The van der Waals surface area contributed by atoms with E-state index in [1.54, 1.807) is 30.3 Å². The van der Waals surface area contributed by atoms with E-state index in [0.717, 1.165) is 0 Å². The van der Waals surface area contributed by atoms with Crippen molar-refractivity contribution in [2.24, 2.45) is 23.1 Å². The third kappa shape index (κ3) is 11.0. The Morgan fingerprint density at radius 1 is 0.778 bits per heavy atom. The van der Waals surface area contributed by atoms with Crippen LogP contribution in [0.5, 0.6) is 0 Å². The minimum Gasteiger partial charge on any atom is -0.480 e. The van der Waals surface area contributed by atoms with Crippen molar-refractivity contribution < 1.29 is 33.9 Å². The van der Waals surface area contributed by atoms with Crippen LogP contribution in [0.1, 0.15) is 38.7 Å². The first kappa shape index (κ1) is 30.0. The standard InChI is InChI=1S/C23H34N6O7/c1-12(2)8-14(24)20(32)27-16(10-18(25)30)22(34)28-15(9-13-6-4-3-5-7-13)21(33)29-17(23(35)36)11-19(26)31/h3-7,12,14-17H,8-11,24H2,1-2H3,(H2,25,30)(H2,26,31)(H,27,32)(H,28,34)(H,29,33)(H,35,36). The number of benzene rings is 1. The van der Waals surface area contributed by atoms with E-state index >= 15 is 0 Å². The molecule has 0 bridgehead atoms. The average molecular weight is 507 g/mol. The maximum Gasteiger partial charge on any atom is 0.326 e. The van der Waals surface area contributed by atoms with Crippen molar-refractivity contribution in [3.05, 3.63) is 35.9 Å². The van der Waals surface area contributed by atoms with E-state index in [0.29, 0.717) is 12.0 Å². The Kier molecular flexibility index (Phi) is 12.0. The first-order valence-electron chi connectivity index (χ1n) is 11.3. The van der Waals surface area contributed by atoms with Gasteiger partial charge in [0.05, 0.1) is 18.9 Å². The maximum absolute atomic E-state index is 13.0. The number of carboxylic acid groups (broad SMARTS) is 1. The number of nitrogens with one attached hydrogen (secondary N) is 3. The van der Waals surface area contributed by atoms with E-state index in [2.05, 4.69) is 16.0 Å². The summed E-state index contributed by atoms with van der Waals surface area (Å²) in [5.74, 6) is -5.74. The van der Waals surface area contributed by atoms with E-state index in [1.165, 1.54) is 0 Å². The molecule has 13 nitrogen and oxygen atoms in total. The highest BCUT2D eigenvalue weighted by Crippen LogP contribution is 2.07. The van der Waals surface area contributed by atoms with E-state index in [9.17, 15) is 33.9 Å². The third-order valence-corrected chi connectivity index (χ3v) is 5.04. The molecule has 198 valence electrons. The molecule has 0 saturated heterocycles. The molecule has 36 heavy (non-hydrogen) atoms. The van der Waals surface area contributed by atoms with Crippen LogP contribution in [0.4, 0.5) is 0 Å². The lowest BCUT2D eigenvalue weighted by atomic mass is 10.0. The Morgan fingerprint density at radius 2 is 1.25 bits per heavy atom. The van der Waals surface area contributed by atoms with Gasteiger partial charge >= 0.3 is 5.97 Å². The number of amides is 5. The molecule has 1 aromatic carbocycles. The van der Waals surface area contributed by atoms with E-state index < -0.39 is 72.5 Å². The number of aliphatic carboxylic acids is 1. The van der Waals surface area contributed by atoms with Crippen LogP contribution in [0.3, 0.4) is 0 Å². The highest BCUT2D eigenvalue weighted by Gasteiger charge is 2.31. The van der Waals surface area contributed by atoms with Gasteiger partial charge in [-0.2, -0.15) is 0 Å². The minimum absolute atomic E-state index is 0.0641. The summed E-state index contributed by atoms with van der Waals surface area (Å²) in [7, 11) is 0. The summed E-state index contributed by atoms with van der Waals surface area (Å²) in [6.07, 6.45) is -0.968. The number of nitrogens with two attached hydrogens (primary N) is 3. The highest BCUT2D eigenvalue weighted by molar-refractivity contribution is 5.96. The van der Waals surface area contributed by atoms with Crippen LogP contribution in [-0.4, -0.2) is 64.8 Å². The van der Waals surface area contributed by atoms with Gasteiger partial charge in [-0.3, -0.25) is 24.0 Å². The molecule has 1 aromatic rings. The van der Waals surface area contributed by atoms with Crippen LogP contribution in [0, 0.1) is 5.92 Å². The normalized spacial score (nSPS) is 14.1. The second kappa shape index (κ2) is 14.4. The van der Waals surface area contributed by atoms with E-state index in [4.69, 9.17) is 17.2 Å². The van der Waals surface area contributed by atoms with Crippen LogP contribution in [0.25, 0.3) is 0 Å². The molecule has 0 aromatic heterocycles. The summed E-state index contributed by atoms with van der Waals surface area (Å²) in [5.41, 5.74) is 16.8. The SMILES string of the molecule is CC(C)CC(N)C(=O)NC(CC(N)=O)C(=O)NC(Cc1ccccc1)C(=O)NC(CC(N)=O)C(=O)O. The van der Waals surface area contributed by atoms with Crippen molar-refractivity contribution in [1.29, 1.82) is 0 Å². The molecule has 0 aliphatic heterocycles. The molecule has 0 aliphatic rings. The molecular formula is C23H34N6O7. The van der Waals surface area contributed by atoms with Crippen LogP contribution >= 0.6 is 0 Å². The fourth-order valence-electron chi connectivity index (χ4n) is 3.31. The zero-order chi connectivity index (χ0) is 27.4. The second-order valence-corrected chi connectivity index (χ2v) is 8.79. The molecule has 5 amide bonds. The minimum atomic E-state index is -1.62. The van der Waals surface area contributed by atoms with Gasteiger partial charge in [-0.25, -0.2) is 4.79 Å². The molecule has 1 rings (SSSR count). The number of carbonyl (C=O) groups is 6. The first-order valence-corrected chi connectivity index (χ1v) is 11.3. The van der Waals surface area contributed by atoms with Crippen molar-refractivity contribution in [2.45, 2.75) is 63.7 Å². The quantitative estimate of drug-likeness (QED) is 0.139. The van der Waals surface area contributed by atoms with E-state index in [1.807, 2.05) is 13.8 Å². The van der Waals surface area contributed by atoms with Crippen LogP contribution < -0.4 is 33.2 Å². The number of rotatable bonds is 15. The molecule has 13 heteroatoms. The molecule has 0 spiro atoms. The Hall–Kier alpha value is -4.00. The number of hydrogen-bond donors (Lipinski definition) is 7. The lowest BCUT2D eigenvalue weighted by Gasteiger charge is -2.25. The summed E-state index contributed by atoms with van der Waals surface area (Å²) in [6, 6.07) is 3.17. The first-order chi connectivity index (χ1) is 16.8. The van der Waals surface area contributed by atoms with Gasteiger partial charge in [0, 0.05) is 6.42 Å². The van der Waals surface area contributed by atoms with Crippen molar-refractivity contribution in [2.75, 3.05) is 0 Å². The average Bonchev–Trinajstić information content (AvgIpc) is 2.77. The number of primary amides is 2. The van der Waals surface area contributed by atoms with Crippen molar-refractivity contribution >= 4 is 35.5 Å². The molecule has 0 saturated carbocycles. The fourth-order valence-corrected chi connectivity index (χ4v) is 3.31. The Labute approximate surface area is 208 Å². The Balaban J connectivity index is 3.13. The summed E-state index contributed by atoms with van der Waals surface area (Å²) >= 11 is 0. The predicted octanol–water partition coefficient (Wildman–Crippen LogP) is -2.11. The molecular weight excluding hydrogens is 472 g/mol. The number of hydrogen-bond acceptors (Lipinski definition) is 7. The van der Waals surface area contributed by atoms with Gasteiger partial charge in [-0.15, -0.1) is 0 Å². The van der Waals surface area contributed by atoms with Crippen LogP contribution in [-0.2, 0) is 35.2 Å². The van der Waals surface area contributed by atoms with Crippen molar-refractivity contribution in [3.63, 3.8) is 0 Å². The summed E-state index contributed by atoms with van der Waals surface area (Å²) in [6.45, 7) is 3.71. The van der Waals surface area contributed by atoms with Crippen molar-refractivity contribution in [1.82, 2.24) is 16.0 Å². The highest BCUT2D eigenvalue weighted by atomic mass is 16.4. The number of carbonyl (C=O) groups excluding carboxylic acids is 5. The van der Waals surface area contributed by atoms with Crippen molar-refractivity contribution in [3.8, 4) is 0 Å². The lowest BCUT2D eigenvalue weighted by Crippen LogP contribution is -2.58. The molecule has 0 heterocycles. The molecule has 0 radical (unpaired) electrons. The van der Waals surface area contributed by atoms with Gasteiger partial charge in [0.15, 0.2) is 0 Å². The molecule has 10 N–H and O–H groups in total. The zero-order valence-corrected chi connectivity index (χ0v) is 20.2. The lowest BCUT2D eigenvalue weighted by molar-refractivity contribution is -0.143. The van der Waals surface area contributed by atoms with Gasteiger partial charge in [-0.05, 0) is 17.9 Å². The summed E-state index contributed by atoms with van der Waals surface area (Å²) < 4.78 is 0. The van der Waals surface area contributed by atoms with E-state index in [-0.39, 0.29) is 12.3 Å². The molecule has 0 fully saturated rings. The third-order valence-electron chi connectivity index (χ3n) is 5.04.